The number of ketones is 1. The molecular formula is C16H20N2O2. The van der Waals surface area contributed by atoms with Crippen LogP contribution < -0.4 is 0 Å². The molecule has 20 heavy (non-hydrogen) atoms. The largest absolute Gasteiger partial charge is 0.342 e. The van der Waals surface area contributed by atoms with Crippen molar-refractivity contribution in [3.8, 4) is 0 Å². The molecule has 106 valence electrons. The average Bonchev–Trinajstić information content (AvgIpc) is 2.78. The van der Waals surface area contributed by atoms with E-state index >= 15 is 0 Å². The molecular weight excluding hydrogens is 252 g/mol. The van der Waals surface area contributed by atoms with E-state index in [0.29, 0.717) is 18.5 Å². The molecule has 1 amide bonds. The summed E-state index contributed by atoms with van der Waals surface area (Å²) in [4.78, 5) is 29.7. The van der Waals surface area contributed by atoms with Gasteiger partial charge in [0.05, 0.1) is 11.6 Å². The third-order valence-electron chi connectivity index (χ3n) is 3.82. The standard InChI is InChI=1S/C16H20N2O2/c1-4-18(3)16(20)12-5-7-13(8-6-12)17-14-9-10-15(19)11(14)2/h5-8,11H,4,9-10H2,1-3H3. The minimum Gasteiger partial charge on any atom is -0.342 e. The van der Waals surface area contributed by atoms with Crippen LogP contribution in [0.3, 0.4) is 0 Å². The Morgan fingerprint density at radius 1 is 1.30 bits per heavy atom. The molecule has 0 aliphatic heterocycles. The number of nitrogens with zero attached hydrogens (tertiary/aromatic N) is 2. The molecule has 0 spiro atoms. The maximum absolute atomic E-state index is 12.0. The van der Waals surface area contributed by atoms with Crippen LogP contribution in [0.25, 0.3) is 0 Å². The van der Waals surface area contributed by atoms with Crippen molar-refractivity contribution in [3.05, 3.63) is 29.8 Å². The van der Waals surface area contributed by atoms with E-state index in [4.69, 9.17) is 0 Å². The molecule has 0 bridgehead atoms. The number of aliphatic imine (C=N–C) groups is 1. The number of benzene rings is 1. The van der Waals surface area contributed by atoms with Crippen molar-refractivity contribution in [1.82, 2.24) is 4.90 Å². The summed E-state index contributed by atoms with van der Waals surface area (Å²) in [5, 5.41) is 0. The number of rotatable bonds is 3. The van der Waals surface area contributed by atoms with Crippen molar-refractivity contribution in [2.45, 2.75) is 26.7 Å². The fourth-order valence-corrected chi connectivity index (χ4v) is 2.23. The summed E-state index contributed by atoms with van der Waals surface area (Å²) >= 11 is 0. The quantitative estimate of drug-likeness (QED) is 0.849. The minimum atomic E-state index is -0.0671. The fraction of sp³-hybridized carbons (Fsp3) is 0.438. The van der Waals surface area contributed by atoms with Gasteiger partial charge in [-0.05, 0) is 37.6 Å². The predicted molar refractivity (Wildman–Crippen MR) is 79.6 cm³/mol. The van der Waals surface area contributed by atoms with E-state index in [2.05, 4.69) is 4.99 Å². The van der Waals surface area contributed by atoms with Crippen molar-refractivity contribution in [2.24, 2.45) is 10.9 Å². The van der Waals surface area contributed by atoms with E-state index in [1.807, 2.05) is 26.0 Å². The first-order valence-electron chi connectivity index (χ1n) is 6.98. The summed E-state index contributed by atoms with van der Waals surface area (Å²) in [6.45, 7) is 4.53. The topological polar surface area (TPSA) is 49.7 Å². The van der Waals surface area contributed by atoms with Crippen LogP contribution in [0.1, 0.15) is 37.0 Å². The molecule has 1 atom stereocenters. The number of carbonyl (C=O) groups excluding carboxylic acids is 2. The molecule has 1 aliphatic carbocycles. The Balaban J connectivity index is 2.15. The molecule has 1 unspecified atom stereocenters. The zero-order valence-corrected chi connectivity index (χ0v) is 12.2. The molecule has 1 aromatic carbocycles. The highest BCUT2D eigenvalue weighted by molar-refractivity contribution is 6.11. The van der Waals surface area contributed by atoms with Crippen molar-refractivity contribution < 1.29 is 9.59 Å². The first kappa shape index (κ1) is 14.4. The number of Topliss-reactive ketones (excluding diaryl/α,β-unsaturated/α-hetero) is 1. The lowest BCUT2D eigenvalue weighted by Gasteiger charge is -2.14. The Bertz CT molecular complexity index is 546. The van der Waals surface area contributed by atoms with Gasteiger partial charge in [-0.25, -0.2) is 0 Å². The van der Waals surface area contributed by atoms with Crippen molar-refractivity contribution in [1.29, 1.82) is 0 Å². The first-order valence-corrected chi connectivity index (χ1v) is 6.98. The Labute approximate surface area is 119 Å². The van der Waals surface area contributed by atoms with E-state index in [-0.39, 0.29) is 17.6 Å². The molecule has 2 rings (SSSR count). The van der Waals surface area contributed by atoms with Crippen LogP contribution in [-0.2, 0) is 4.79 Å². The molecule has 0 saturated heterocycles. The van der Waals surface area contributed by atoms with Crippen LogP contribution in [-0.4, -0.2) is 35.9 Å². The number of hydrogen-bond acceptors (Lipinski definition) is 3. The second-order valence-corrected chi connectivity index (χ2v) is 5.16. The summed E-state index contributed by atoms with van der Waals surface area (Å²) in [7, 11) is 1.78. The van der Waals surface area contributed by atoms with Gasteiger partial charge in [-0.3, -0.25) is 14.6 Å². The highest BCUT2D eigenvalue weighted by Gasteiger charge is 2.26. The molecule has 0 radical (unpaired) electrons. The highest BCUT2D eigenvalue weighted by atomic mass is 16.2. The molecule has 4 heteroatoms. The lowest BCUT2D eigenvalue weighted by molar-refractivity contribution is -0.119. The lowest BCUT2D eigenvalue weighted by atomic mass is 10.1. The maximum Gasteiger partial charge on any atom is 0.253 e. The van der Waals surface area contributed by atoms with Crippen LogP contribution in [0.2, 0.25) is 0 Å². The van der Waals surface area contributed by atoms with Gasteiger partial charge in [0.1, 0.15) is 5.78 Å². The summed E-state index contributed by atoms with van der Waals surface area (Å²) in [6, 6.07) is 7.24. The molecule has 0 N–H and O–H groups in total. The summed E-state index contributed by atoms with van der Waals surface area (Å²) in [5.41, 5.74) is 2.41. The third kappa shape index (κ3) is 2.95. The van der Waals surface area contributed by atoms with Gasteiger partial charge in [0, 0.05) is 31.3 Å². The van der Waals surface area contributed by atoms with E-state index in [1.54, 1.807) is 24.1 Å². The van der Waals surface area contributed by atoms with Crippen LogP contribution >= 0.6 is 0 Å². The Morgan fingerprint density at radius 2 is 1.95 bits per heavy atom. The number of carbonyl (C=O) groups is 2. The summed E-state index contributed by atoms with van der Waals surface area (Å²) in [5.74, 6) is 0.207. The molecule has 0 aromatic heterocycles. The van der Waals surface area contributed by atoms with Crippen molar-refractivity contribution >= 4 is 23.1 Å². The monoisotopic (exact) mass is 272 g/mol. The van der Waals surface area contributed by atoms with E-state index in [0.717, 1.165) is 17.8 Å². The van der Waals surface area contributed by atoms with Crippen molar-refractivity contribution in [3.63, 3.8) is 0 Å². The van der Waals surface area contributed by atoms with Crippen LogP contribution in [0.5, 0.6) is 0 Å². The van der Waals surface area contributed by atoms with E-state index in [1.165, 1.54) is 0 Å². The molecule has 4 nitrogen and oxygen atoms in total. The number of amides is 1. The van der Waals surface area contributed by atoms with Crippen LogP contribution in [0.4, 0.5) is 5.69 Å². The van der Waals surface area contributed by atoms with Gasteiger partial charge >= 0.3 is 0 Å². The van der Waals surface area contributed by atoms with Crippen LogP contribution in [0.15, 0.2) is 29.3 Å². The van der Waals surface area contributed by atoms with Gasteiger partial charge in [0.25, 0.3) is 5.91 Å². The Kier molecular flexibility index (Phi) is 4.32. The third-order valence-corrected chi connectivity index (χ3v) is 3.82. The van der Waals surface area contributed by atoms with Gasteiger partial charge in [-0.1, -0.05) is 6.92 Å². The zero-order valence-electron chi connectivity index (χ0n) is 12.2. The van der Waals surface area contributed by atoms with Gasteiger partial charge in [0.15, 0.2) is 0 Å². The zero-order chi connectivity index (χ0) is 14.7. The smallest absolute Gasteiger partial charge is 0.253 e. The second-order valence-electron chi connectivity index (χ2n) is 5.16. The van der Waals surface area contributed by atoms with Gasteiger partial charge in [-0.2, -0.15) is 0 Å². The fourth-order valence-electron chi connectivity index (χ4n) is 2.23. The molecule has 1 aliphatic rings. The van der Waals surface area contributed by atoms with Gasteiger partial charge in [0.2, 0.25) is 0 Å². The number of hydrogen-bond donors (Lipinski definition) is 0. The average molecular weight is 272 g/mol. The SMILES string of the molecule is CCN(C)C(=O)c1ccc(N=C2CCC(=O)C2C)cc1. The highest BCUT2D eigenvalue weighted by Crippen LogP contribution is 2.23. The Hall–Kier alpha value is -1.97. The molecule has 1 saturated carbocycles. The predicted octanol–water partition coefficient (Wildman–Crippen LogP) is 2.85. The van der Waals surface area contributed by atoms with E-state index < -0.39 is 0 Å². The maximum atomic E-state index is 12.0. The normalized spacial score (nSPS) is 20.4. The molecule has 0 heterocycles. The minimum absolute atomic E-state index is 0.0103. The first-order chi connectivity index (χ1) is 9.52. The van der Waals surface area contributed by atoms with Crippen molar-refractivity contribution in [2.75, 3.05) is 13.6 Å². The van der Waals surface area contributed by atoms with Gasteiger partial charge < -0.3 is 4.90 Å². The van der Waals surface area contributed by atoms with E-state index in [9.17, 15) is 9.59 Å². The summed E-state index contributed by atoms with van der Waals surface area (Å²) in [6.07, 6.45) is 1.34. The Morgan fingerprint density at radius 3 is 2.45 bits per heavy atom. The van der Waals surface area contributed by atoms with Gasteiger partial charge in [-0.15, -0.1) is 0 Å². The summed E-state index contributed by atoms with van der Waals surface area (Å²) < 4.78 is 0. The lowest BCUT2D eigenvalue weighted by Crippen LogP contribution is -2.25. The molecule has 1 fully saturated rings. The second kappa shape index (κ2) is 5.99. The molecule has 1 aromatic rings. The van der Waals surface area contributed by atoms with Crippen LogP contribution in [0, 0.1) is 5.92 Å².